The van der Waals surface area contributed by atoms with Gasteiger partial charge in [-0.3, -0.25) is 4.79 Å². The zero-order valence-corrected chi connectivity index (χ0v) is 16.3. The normalized spacial score (nSPS) is 22.7. The summed E-state index contributed by atoms with van der Waals surface area (Å²) >= 11 is 0. The number of carbonyl (C=O) groups is 1. The minimum atomic E-state index is -4.65. The molecule has 30 heavy (non-hydrogen) atoms. The van der Waals surface area contributed by atoms with Gasteiger partial charge in [-0.1, -0.05) is 6.07 Å². The summed E-state index contributed by atoms with van der Waals surface area (Å²) in [6.07, 6.45) is 1.86. The number of allylic oxidation sites excluding steroid dienone is 3. The van der Waals surface area contributed by atoms with E-state index in [2.05, 4.69) is 15.6 Å². The van der Waals surface area contributed by atoms with Crippen LogP contribution in [0.15, 0.2) is 53.6 Å². The van der Waals surface area contributed by atoms with Crippen molar-refractivity contribution in [3.05, 3.63) is 65.0 Å². The van der Waals surface area contributed by atoms with E-state index in [0.29, 0.717) is 5.57 Å². The predicted octanol–water partition coefficient (Wildman–Crippen LogP) is 2.93. The smallest absolute Gasteiger partial charge is 0.433 e. The average Bonchev–Trinajstić information content (AvgIpc) is 2.68. The first-order valence-electron chi connectivity index (χ1n) is 9.12. The van der Waals surface area contributed by atoms with Crippen molar-refractivity contribution in [1.82, 2.24) is 15.6 Å². The molecule has 0 spiro atoms. The van der Waals surface area contributed by atoms with Gasteiger partial charge in [-0.15, -0.1) is 0 Å². The lowest BCUT2D eigenvalue weighted by atomic mass is 9.89. The molecule has 1 fully saturated rings. The molecule has 2 aliphatic rings. The van der Waals surface area contributed by atoms with E-state index in [1.54, 1.807) is 13.3 Å². The van der Waals surface area contributed by atoms with Crippen molar-refractivity contribution in [3.8, 4) is 0 Å². The fourth-order valence-electron chi connectivity index (χ4n) is 2.99. The van der Waals surface area contributed by atoms with E-state index in [4.69, 9.17) is 14.9 Å². The second-order valence-electron chi connectivity index (χ2n) is 6.84. The fraction of sp³-hybridized carbons (Fsp3) is 0.350. The Hall–Kier alpha value is -3.14. The lowest BCUT2D eigenvalue weighted by Gasteiger charge is -2.34. The third kappa shape index (κ3) is 4.88. The van der Waals surface area contributed by atoms with Crippen LogP contribution in [0.4, 0.5) is 13.2 Å². The molecule has 0 bridgehead atoms. The Balaban J connectivity index is 1.76. The van der Waals surface area contributed by atoms with Crippen molar-refractivity contribution in [3.63, 3.8) is 0 Å². The topological polar surface area (TPSA) is 96.3 Å². The molecule has 1 aromatic rings. The van der Waals surface area contributed by atoms with Crippen LogP contribution in [0, 0.1) is 5.41 Å². The van der Waals surface area contributed by atoms with E-state index in [1.165, 1.54) is 25.3 Å². The third-order valence-electron chi connectivity index (χ3n) is 4.79. The molecular weight excluding hydrogens is 401 g/mol. The highest BCUT2D eigenvalue weighted by molar-refractivity contribution is 6.10. The van der Waals surface area contributed by atoms with Crippen molar-refractivity contribution < 1.29 is 27.4 Å². The zero-order chi connectivity index (χ0) is 21.9. The zero-order valence-electron chi connectivity index (χ0n) is 16.3. The van der Waals surface area contributed by atoms with Crippen LogP contribution in [0.25, 0.3) is 0 Å². The van der Waals surface area contributed by atoms with Gasteiger partial charge in [0, 0.05) is 31.0 Å². The predicted molar refractivity (Wildman–Crippen MR) is 103 cm³/mol. The van der Waals surface area contributed by atoms with Gasteiger partial charge >= 0.3 is 6.18 Å². The van der Waals surface area contributed by atoms with Gasteiger partial charge in [-0.2, -0.15) is 13.2 Å². The molecule has 0 unspecified atom stereocenters. The monoisotopic (exact) mass is 422 g/mol. The number of hydrogen-bond donors (Lipinski definition) is 3. The van der Waals surface area contributed by atoms with E-state index in [0.717, 1.165) is 25.0 Å². The number of amides is 1. The first-order valence-corrected chi connectivity index (χ1v) is 9.12. The summed E-state index contributed by atoms with van der Waals surface area (Å²) in [6, 6.07) is 3.32. The van der Waals surface area contributed by atoms with E-state index in [1.807, 2.05) is 0 Å². The summed E-state index contributed by atoms with van der Waals surface area (Å²) in [6.45, 7) is 0. The number of nitrogens with one attached hydrogen (secondary N) is 3. The number of methoxy groups -OCH3 is 2. The van der Waals surface area contributed by atoms with Gasteiger partial charge in [0.05, 0.1) is 24.6 Å². The molecule has 0 saturated heterocycles. The number of aromatic nitrogens is 1. The molecule has 3 rings (SSSR count). The van der Waals surface area contributed by atoms with Gasteiger partial charge in [0.2, 0.25) is 0 Å². The molecule has 160 valence electrons. The Bertz CT molecular complexity index is 931. The summed E-state index contributed by atoms with van der Waals surface area (Å²) in [7, 11) is 3.03. The summed E-state index contributed by atoms with van der Waals surface area (Å²) in [4.78, 5) is 15.8. The van der Waals surface area contributed by atoms with Crippen LogP contribution in [0.3, 0.4) is 0 Å². The number of ether oxygens (including phenoxy) is 2. The lowest BCUT2D eigenvalue weighted by Crippen LogP contribution is -2.43. The maximum atomic E-state index is 12.9. The Morgan fingerprint density at radius 2 is 2.00 bits per heavy atom. The Kier molecular flexibility index (Phi) is 6.25. The molecular formula is C20H21F3N4O3. The van der Waals surface area contributed by atoms with E-state index >= 15 is 0 Å². The standard InChI is InChI=1S/C20H21F3N4O3/c1-29-13-7-12(8-13)25-10-11-6-16(17(30-2)9-14(11)24)27-19(28)15-4-3-5-18(26-15)20(21,22)23/h3-6,9-10,12-13,24-25H,7-8H2,1-2H3,(H,27,28)/b11-10-,24-14?. The van der Waals surface area contributed by atoms with Crippen LogP contribution >= 0.6 is 0 Å². The second kappa shape index (κ2) is 8.70. The number of halogens is 3. The number of pyridine rings is 1. The number of carbonyl (C=O) groups excluding carboxylic acids is 1. The maximum absolute atomic E-state index is 12.9. The average molecular weight is 422 g/mol. The molecule has 1 amide bonds. The summed E-state index contributed by atoms with van der Waals surface area (Å²) in [5.74, 6) is -0.612. The fourth-order valence-corrected chi connectivity index (χ4v) is 2.99. The first kappa shape index (κ1) is 21.6. The summed E-state index contributed by atoms with van der Waals surface area (Å²) in [5, 5.41) is 13.8. The molecule has 3 N–H and O–H groups in total. The molecule has 10 heteroatoms. The minimum absolute atomic E-state index is 0.164. The molecule has 1 aromatic heterocycles. The van der Waals surface area contributed by atoms with Gasteiger partial charge in [-0.25, -0.2) is 4.98 Å². The molecule has 2 aliphatic carbocycles. The third-order valence-corrected chi connectivity index (χ3v) is 4.79. The Morgan fingerprint density at radius 3 is 2.63 bits per heavy atom. The highest BCUT2D eigenvalue weighted by Crippen LogP contribution is 2.28. The quantitative estimate of drug-likeness (QED) is 0.655. The minimum Gasteiger partial charge on any atom is -0.494 e. The molecule has 1 heterocycles. The van der Waals surface area contributed by atoms with Crippen molar-refractivity contribution >= 4 is 11.6 Å². The molecule has 0 radical (unpaired) electrons. The number of rotatable bonds is 6. The highest BCUT2D eigenvalue weighted by Gasteiger charge is 2.33. The van der Waals surface area contributed by atoms with Gasteiger partial charge in [0.1, 0.15) is 17.1 Å². The van der Waals surface area contributed by atoms with Gasteiger partial charge in [0.25, 0.3) is 5.91 Å². The van der Waals surface area contributed by atoms with Crippen molar-refractivity contribution in [1.29, 1.82) is 5.41 Å². The van der Waals surface area contributed by atoms with E-state index in [-0.39, 0.29) is 35.0 Å². The molecule has 1 saturated carbocycles. The molecule has 7 nitrogen and oxygen atoms in total. The van der Waals surface area contributed by atoms with Crippen molar-refractivity contribution in [2.24, 2.45) is 0 Å². The molecule has 0 aromatic carbocycles. The van der Waals surface area contributed by atoms with Gasteiger partial charge in [-0.05, 0) is 31.1 Å². The molecule has 0 atom stereocenters. The number of nitrogens with zero attached hydrogens (tertiary/aromatic N) is 1. The highest BCUT2D eigenvalue weighted by atomic mass is 19.4. The first-order chi connectivity index (χ1) is 14.2. The SMILES string of the molecule is COC1=CC(=N)/C(=C\NC2CC(OC)C2)C=C1NC(=O)c1cccc(C(F)(F)F)n1. The Morgan fingerprint density at radius 1 is 1.27 bits per heavy atom. The van der Waals surface area contributed by atoms with Gasteiger partial charge in [0.15, 0.2) is 0 Å². The van der Waals surface area contributed by atoms with Crippen LogP contribution < -0.4 is 10.6 Å². The maximum Gasteiger partial charge on any atom is 0.433 e. The van der Waals surface area contributed by atoms with Crippen molar-refractivity contribution in [2.45, 2.75) is 31.2 Å². The van der Waals surface area contributed by atoms with Gasteiger partial charge < -0.3 is 25.5 Å². The van der Waals surface area contributed by atoms with Crippen LogP contribution in [-0.4, -0.2) is 43.0 Å². The summed E-state index contributed by atoms with van der Waals surface area (Å²) in [5.41, 5.74) is -0.669. The summed E-state index contributed by atoms with van der Waals surface area (Å²) < 4.78 is 49.0. The van der Waals surface area contributed by atoms with E-state index < -0.39 is 17.8 Å². The van der Waals surface area contributed by atoms with Crippen LogP contribution in [0.2, 0.25) is 0 Å². The molecule has 0 aliphatic heterocycles. The lowest BCUT2D eigenvalue weighted by molar-refractivity contribution is -0.141. The van der Waals surface area contributed by atoms with E-state index in [9.17, 15) is 18.0 Å². The van der Waals surface area contributed by atoms with Crippen molar-refractivity contribution in [2.75, 3.05) is 14.2 Å². The Labute approximate surface area is 171 Å². The largest absolute Gasteiger partial charge is 0.494 e. The second-order valence-corrected chi connectivity index (χ2v) is 6.84. The number of hydrogen-bond acceptors (Lipinski definition) is 6. The number of alkyl halides is 3. The van der Waals surface area contributed by atoms with Crippen LogP contribution in [0.1, 0.15) is 29.0 Å². The van der Waals surface area contributed by atoms with Crippen LogP contribution in [-0.2, 0) is 15.7 Å². The van der Waals surface area contributed by atoms with Crippen LogP contribution in [0.5, 0.6) is 0 Å².